The van der Waals surface area contributed by atoms with E-state index in [0.29, 0.717) is 6.42 Å². The van der Waals surface area contributed by atoms with E-state index in [0.717, 1.165) is 15.4 Å². The zero-order valence-electron chi connectivity index (χ0n) is 8.86. The number of hydrogen-bond acceptors (Lipinski definition) is 1. The van der Waals surface area contributed by atoms with Gasteiger partial charge in [-0.25, -0.2) is 0 Å². The normalized spacial score (nSPS) is 12.6. The van der Waals surface area contributed by atoms with Gasteiger partial charge >= 0.3 is 0 Å². The molecule has 0 aliphatic rings. The van der Waals surface area contributed by atoms with E-state index in [2.05, 4.69) is 28.6 Å². The first-order valence-electron chi connectivity index (χ1n) is 5.19. The van der Waals surface area contributed by atoms with Crippen molar-refractivity contribution >= 4 is 26.7 Å². The summed E-state index contributed by atoms with van der Waals surface area (Å²) in [6.07, 6.45) is 1.86. The molecule has 0 heterocycles. The van der Waals surface area contributed by atoms with Crippen molar-refractivity contribution in [2.45, 2.75) is 12.5 Å². The van der Waals surface area contributed by atoms with Crippen molar-refractivity contribution in [3.63, 3.8) is 0 Å². The molecule has 1 atom stereocenters. The van der Waals surface area contributed by atoms with Gasteiger partial charge in [0.05, 0.1) is 6.10 Å². The molecule has 82 valence electrons. The molecule has 2 heteroatoms. The van der Waals surface area contributed by atoms with E-state index in [1.54, 1.807) is 6.08 Å². The van der Waals surface area contributed by atoms with Crippen LogP contribution in [0.2, 0.25) is 0 Å². The minimum Gasteiger partial charge on any atom is -0.388 e. The SMILES string of the molecule is C=CCC(O)c1ccc2cc(Br)ccc2c1. The first kappa shape index (κ1) is 11.4. The fourth-order valence-electron chi connectivity index (χ4n) is 1.74. The molecular formula is C14H13BrO. The number of benzene rings is 2. The molecule has 0 fully saturated rings. The van der Waals surface area contributed by atoms with Crippen molar-refractivity contribution in [1.29, 1.82) is 0 Å². The van der Waals surface area contributed by atoms with Crippen LogP contribution < -0.4 is 0 Å². The molecule has 1 N–H and O–H groups in total. The summed E-state index contributed by atoms with van der Waals surface area (Å²) in [7, 11) is 0. The Labute approximate surface area is 104 Å². The molecule has 0 amide bonds. The highest BCUT2D eigenvalue weighted by Gasteiger charge is 2.05. The highest BCUT2D eigenvalue weighted by atomic mass is 79.9. The van der Waals surface area contributed by atoms with Crippen LogP contribution in [0.1, 0.15) is 18.1 Å². The topological polar surface area (TPSA) is 20.2 Å². The van der Waals surface area contributed by atoms with Crippen LogP contribution >= 0.6 is 15.9 Å². The summed E-state index contributed by atoms with van der Waals surface area (Å²) < 4.78 is 1.07. The van der Waals surface area contributed by atoms with Gasteiger partial charge in [-0.3, -0.25) is 0 Å². The Kier molecular flexibility index (Phi) is 3.42. The second-order valence-electron chi connectivity index (χ2n) is 3.79. The van der Waals surface area contributed by atoms with Gasteiger partial charge in [-0.2, -0.15) is 0 Å². The van der Waals surface area contributed by atoms with Crippen LogP contribution in [0.5, 0.6) is 0 Å². The molecule has 2 aromatic rings. The Hall–Kier alpha value is -1.12. The van der Waals surface area contributed by atoms with E-state index in [1.807, 2.05) is 30.3 Å². The number of halogens is 1. The third-order valence-corrected chi connectivity index (χ3v) is 3.09. The molecule has 0 aromatic heterocycles. The fourth-order valence-corrected chi connectivity index (χ4v) is 2.12. The number of rotatable bonds is 3. The van der Waals surface area contributed by atoms with Gasteiger partial charge in [0, 0.05) is 4.47 Å². The predicted molar refractivity (Wildman–Crippen MR) is 71.4 cm³/mol. The summed E-state index contributed by atoms with van der Waals surface area (Å²) in [6, 6.07) is 12.1. The van der Waals surface area contributed by atoms with Crippen molar-refractivity contribution in [3.05, 3.63) is 59.1 Å². The smallest absolute Gasteiger partial charge is 0.0824 e. The maximum Gasteiger partial charge on any atom is 0.0824 e. The molecular weight excluding hydrogens is 264 g/mol. The maximum absolute atomic E-state index is 9.85. The summed E-state index contributed by atoms with van der Waals surface area (Å²) >= 11 is 3.44. The lowest BCUT2D eigenvalue weighted by molar-refractivity contribution is 0.182. The van der Waals surface area contributed by atoms with E-state index in [-0.39, 0.29) is 0 Å². The molecule has 16 heavy (non-hydrogen) atoms. The van der Waals surface area contributed by atoms with Gasteiger partial charge in [-0.1, -0.05) is 40.2 Å². The van der Waals surface area contributed by atoms with Gasteiger partial charge in [-0.05, 0) is 41.0 Å². The summed E-state index contributed by atoms with van der Waals surface area (Å²) in [5, 5.41) is 12.2. The molecule has 0 aliphatic heterocycles. The van der Waals surface area contributed by atoms with Crippen LogP contribution in [0.25, 0.3) is 10.8 Å². The minimum atomic E-state index is -0.453. The van der Waals surface area contributed by atoms with Gasteiger partial charge in [0.25, 0.3) is 0 Å². The van der Waals surface area contributed by atoms with Gasteiger partial charge in [0.15, 0.2) is 0 Å². The molecule has 1 nitrogen and oxygen atoms in total. The van der Waals surface area contributed by atoms with E-state index >= 15 is 0 Å². The highest BCUT2D eigenvalue weighted by Crippen LogP contribution is 2.24. The van der Waals surface area contributed by atoms with Crippen LogP contribution in [0.3, 0.4) is 0 Å². The third-order valence-electron chi connectivity index (χ3n) is 2.60. The zero-order valence-corrected chi connectivity index (χ0v) is 10.4. The molecule has 1 unspecified atom stereocenters. The van der Waals surface area contributed by atoms with Gasteiger partial charge in [0.2, 0.25) is 0 Å². The van der Waals surface area contributed by atoms with Crippen LogP contribution in [-0.4, -0.2) is 5.11 Å². The van der Waals surface area contributed by atoms with Crippen molar-refractivity contribution in [3.8, 4) is 0 Å². The monoisotopic (exact) mass is 276 g/mol. The van der Waals surface area contributed by atoms with Crippen molar-refractivity contribution in [1.82, 2.24) is 0 Å². The summed E-state index contributed by atoms with van der Waals surface area (Å²) in [5.74, 6) is 0. The third kappa shape index (κ3) is 2.34. The molecule has 2 aromatic carbocycles. The number of aliphatic hydroxyl groups excluding tert-OH is 1. The van der Waals surface area contributed by atoms with E-state index in [4.69, 9.17) is 0 Å². The number of fused-ring (bicyclic) bond motifs is 1. The quantitative estimate of drug-likeness (QED) is 0.833. The average Bonchev–Trinajstić information content (AvgIpc) is 2.28. The minimum absolute atomic E-state index is 0.453. The Morgan fingerprint density at radius 1 is 1.19 bits per heavy atom. The summed E-state index contributed by atoms with van der Waals surface area (Å²) in [5.41, 5.74) is 0.940. The van der Waals surface area contributed by atoms with E-state index < -0.39 is 6.10 Å². The lowest BCUT2D eigenvalue weighted by atomic mass is 10.0. The molecule has 0 aliphatic carbocycles. The second-order valence-corrected chi connectivity index (χ2v) is 4.71. The molecule has 0 saturated heterocycles. The Balaban J connectivity index is 2.44. The first-order valence-corrected chi connectivity index (χ1v) is 5.98. The largest absolute Gasteiger partial charge is 0.388 e. The van der Waals surface area contributed by atoms with Gasteiger partial charge in [-0.15, -0.1) is 6.58 Å². The molecule has 0 saturated carbocycles. The Morgan fingerprint density at radius 3 is 2.62 bits per heavy atom. The van der Waals surface area contributed by atoms with Crippen LogP contribution in [-0.2, 0) is 0 Å². The molecule has 2 rings (SSSR count). The van der Waals surface area contributed by atoms with E-state index in [1.165, 1.54) is 5.39 Å². The molecule has 0 bridgehead atoms. The standard InChI is InChI=1S/C14H13BrO/c1-2-3-14(16)12-5-4-11-9-13(15)7-6-10(11)8-12/h2,4-9,14,16H,1,3H2. The zero-order chi connectivity index (χ0) is 11.5. The number of hydrogen-bond donors (Lipinski definition) is 1. The fraction of sp³-hybridized carbons (Fsp3) is 0.143. The van der Waals surface area contributed by atoms with Gasteiger partial charge in [0.1, 0.15) is 0 Å². The van der Waals surface area contributed by atoms with E-state index in [9.17, 15) is 5.11 Å². The highest BCUT2D eigenvalue weighted by molar-refractivity contribution is 9.10. The predicted octanol–water partition coefficient (Wildman–Crippen LogP) is 4.21. The lowest BCUT2D eigenvalue weighted by Crippen LogP contribution is -1.95. The average molecular weight is 277 g/mol. The van der Waals surface area contributed by atoms with Crippen LogP contribution in [0.4, 0.5) is 0 Å². The summed E-state index contributed by atoms with van der Waals surface area (Å²) in [4.78, 5) is 0. The van der Waals surface area contributed by atoms with Crippen molar-refractivity contribution in [2.24, 2.45) is 0 Å². The van der Waals surface area contributed by atoms with Crippen LogP contribution in [0.15, 0.2) is 53.5 Å². The second kappa shape index (κ2) is 4.81. The molecule has 0 radical (unpaired) electrons. The van der Waals surface area contributed by atoms with Gasteiger partial charge < -0.3 is 5.11 Å². The molecule has 0 spiro atoms. The van der Waals surface area contributed by atoms with Crippen LogP contribution in [0, 0.1) is 0 Å². The summed E-state index contributed by atoms with van der Waals surface area (Å²) in [6.45, 7) is 3.63. The lowest BCUT2D eigenvalue weighted by Gasteiger charge is -2.09. The maximum atomic E-state index is 9.85. The first-order chi connectivity index (χ1) is 7.70. The Bertz CT molecular complexity index is 519. The number of aliphatic hydroxyl groups is 1. The Morgan fingerprint density at radius 2 is 1.88 bits per heavy atom. The van der Waals surface area contributed by atoms with Crippen molar-refractivity contribution < 1.29 is 5.11 Å². The van der Waals surface area contributed by atoms with Crippen molar-refractivity contribution in [2.75, 3.05) is 0 Å².